The summed E-state index contributed by atoms with van der Waals surface area (Å²) in [6.07, 6.45) is 1.04. The molecule has 0 radical (unpaired) electrons. The van der Waals surface area contributed by atoms with Gasteiger partial charge in [-0.15, -0.1) is 0 Å². The van der Waals surface area contributed by atoms with Crippen LogP contribution in [0.25, 0.3) is 0 Å². The Balaban J connectivity index is 1.79. The van der Waals surface area contributed by atoms with Crippen LogP contribution in [0.1, 0.15) is 0 Å². The first-order valence-corrected chi connectivity index (χ1v) is 10.2. The van der Waals surface area contributed by atoms with E-state index < -0.39 is 14.8 Å². The molecular formula is C15H16FN3O4S2. The molecule has 0 saturated carbocycles. The van der Waals surface area contributed by atoms with Crippen molar-refractivity contribution in [1.82, 2.24) is 0 Å². The van der Waals surface area contributed by atoms with Gasteiger partial charge in [0.25, 0.3) is 0 Å². The highest BCUT2D eigenvalue weighted by Gasteiger charge is 2.29. The number of sulfone groups is 1. The molecule has 10 heteroatoms. The molecule has 0 aliphatic carbocycles. The van der Waals surface area contributed by atoms with Crippen LogP contribution in [-0.4, -0.2) is 45.8 Å². The van der Waals surface area contributed by atoms with Crippen molar-refractivity contribution in [1.29, 1.82) is 0 Å². The van der Waals surface area contributed by atoms with Gasteiger partial charge in [-0.05, 0) is 24.3 Å². The standard InChI is InChI=1S/C15H16FN3O4S2/c1-25(22,23)14-10-13(19(20)21)15(24-14)18-8-6-17(7-9-18)12-4-2-11(16)3-5-12/h2-5,10H,6-9H2,1H3. The summed E-state index contributed by atoms with van der Waals surface area (Å²) < 4.78 is 36.4. The van der Waals surface area contributed by atoms with Crippen LogP contribution in [0.4, 0.5) is 20.8 Å². The van der Waals surface area contributed by atoms with E-state index in [0.29, 0.717) is 31.2 Å². The van der Waals surface area contributed by atoms with E-state index in [1.54, 1.807) is 12.1 Å². The Bertz CT molecular complexity index is 888. The van der Waals surface area contributed by atoms with Crippen LogP contribution in [0.15, 0.2) is 34.5 Å². The van der Waals surface area contributed by atoms with Crippen molar-refractivity contribution in [2.24, 2.45) is 0 Å². The number of nitrogens with zero attached hydrogens (tertiary/aromatic N) is 3. The molecular weight excluding hydrogens is 369 g/mol. The number of hydrogen-bond acceptors (Lipinski definition) is 7. The highest BCUT2D eigenvalue weighted by molar-refractivity contribution is 7.92. The van der Waals surface area contributed by atoms with Crippen molar-refractivity contribution >= 4 is 37.5 Å². The van der Waals surface area contributed by atoms with Gasteiger partial charge in [-0.25, -0.2) is 12.8 Å². The predicted octanol–water partition coefficient (Wildman–Crippen LogP) is 2.53. The number of benzene rings is 1. The summed E-state index contributed by atoms with van der Waals surface area (Å²) in [5.41, 5.74) is 0.708. The van der Waals surface area contributed by atoms with E-state index in [1.807, 2.05) is 4.90 Å². The van der Waals surface area contributed by atoms with E-state index in [9.17, 15) is 22.9 Å². The minimum absolute atomic E-state index is 0.00448. The molecule has 1 saturated heterocycles. The minimum Gasteiger partial charge on any atom is -0.368 e. The fraction of sp³-hybridized carbons (Fsp3) is 0.333. The Kier molecular flexibility index (Phi) is 4.65. The molecule has 1 aromatic carbocycles. The van der Waals surface area contributed by atoms with Gasteiger partial charge < -0.3 is 9.80 Å². The number of halogens is 1. The number of hydrogen-bond donors (Lipinski definition) is 0. The van der Waals surface area contributed by atoms with E-state index in [4.69, 9.17) is 0 Å². The second-order valence-electron chi connectivity index (χ2n) is 5.74. The summed E-state index contributed by atoms with van der Waals surface area (Å²) in [6, 6.07) is 7.30. The van der Waals surface area contributed by atoms with E-state index in [1.165, 1.54) is 12.1 Å². The predicted molar refractivity (Wildman–Crippen MR) is 94.9 cm³/mol. The van der Waals surface area contributed by atoms with Crippen molar-refractivity contribution in [2.45, 2.75) is 4.21 Å². The summed E-state index contributed by atoms with van der Waals surface area (Å²) in [4.78, 5) is 14.6. The molecule has 0 spiro atoms. The zero-order chi connectivity index (χ0) is 18.2. The van der Waals surface area contributed by atoms with Crippen molar-refractivity contribution in [3.05, 3.63) is 46.3 Å². The molecule has 7 nitrogen and oxygen atoms in total. The molecule has 0 bridgehead atoms. The largest absolute Gasteiger partial charge is 0.368 e. The molecule has 0 amide bonds. The van der Waals surface area contributed by atoms with Crippen LogP contribution >= 0.6 is 11.3 Å². The van der Waals surface area contributed by atoms with Crippen LogP contribution in [0, 0.1) is 15.9 Å². The second-order valence-corrected chi connectivity index (χ2v) is 9.01. The average Bonchev–Trinajstić information content (AvgIpc) is 3.02. The van der Waals surface area contributed by atoms with Gasteiger partial charge in [0, 0.05) is 44.2 Å². The molecule has 1 aliphatic rings. The highest BCUT2D eigenvalue weighted by atomic mass is 32.2. The molecule has 0 atom stereocenters. The average molecular weight is 385 g/mol. The zero-order valence-corrected chi connectivity index (χ0v) is 15.0. The van der Waals surface area contributed by atoms with Gasteiger partial charge in [-0.1, -0.05) is 11.3 Å². The van der Waals surface area contributed by atoms with Crippen LogP contribution < -0.4 is 9.80 Å². The third-order valence-electron chi connectivity index (χ3n) is 3.99. The lowest BCUT2D eigenvalue weighted by atomic mass is 10.2. The summed E-state index contributed by atoms with van der Waals surface area (Å²) in [6.45, 7) is 2.24. The highest BCUT2D eigenvalue weighted by Crippen LogP contribution is 2.40. The molecule has 0 unspecified atom stereocenters. The Morgan fingerprint density at radius 3 is 2.20 bits per heavy atom. The number of thiophene rings is 1. The maximum Gasteiger partial charge on any atom is 0.305 e. The molecule has 3 rings (SSSR count). The van der Waals surface area contributed by atoms with Gasteiger partial charge >= 0.3 is 5.69 Å². The van der Waals surface area contributed by atoms with E-state index in [0.717, 1.165) is 29.3 Å². The molecule has 0 N–H and O–H groups in total. The minimum atomic E-state index is -3.49. The second kappa shape index (κ2) is 6.60. The molecule has 1 aromatic heterocycles. The van der Waals surface area contributed by atoms with Crippen LogP contribution in [-0.2, 0) is 9.84 Å². The Hall–Kier alpha value is -2.20. The molecule has 1 aliphatic heterocycles. The van der Waals surface area contributed by atoms with Gasteiger partial charge in [-0.2, -0.15) is 0 Å². The molecule has 1 fully saturated rings. The molecule has 25 heavy (non-hydrogen) atoms. The Labute approximate surface area is 148 Å². The van der Waals surface area contributed by atoms with Gasteiger partial charge in [0.15, 0.2) is 14.8 Å². The molecule has 2 aromatic rings. The summed E-state index contributed by atoms with van der Waals surface area (Å²) in [7, 11) is -3.49. The Morgan fingerprint density at radius 2 is 1.68 bits per heavy atom. The first-order chi connectivity index (χ1) is 11.8. The van der Waals surface area contributed by atoms with Crippen LogP contribution in [0.2, 0.25) is 0 Å². The van der Waals surface area contributed by atoms with Gasteiger partial charge in [-0.3, -0.25) is 10.1 Å². The maximum absolute atomic E-state index is 13.0. The number of anilines is 2. The van der Waals surface area contributed by atoms with Crippen molar-refractivity contribution < 1.29 is 17.7 Å². The fourth-order valence-corrected chi connectivity index (χ4v) is 4.79. The first kappa shape index (κ1) is 17.6. The van der Waals surface area contributed by atoms with Gasteiger partial charge in [0.05, 0.1) is 4.92 Å². The summed E-state index contributed by atoms with van der Waals surface area (Å²) in [5.74, 6) is -0.301. The van der Waals surface area contributed by atoms with Crippen molar-refractivity contribution in [3.8, 4) is 0 Å². The van der Waals surface area contributed by atoms with E-state index in [-0.39, 0.29) is 15.7 Å². The maximum atomic E-state index is 13.0. The lowest BCUT2D eigenvalue weighted by Crippen LogP contribution is -2.46. The van der Waals surface area contributed by atoms with E-state index >= 15 is 0 Å². The third-order valence-corrected chi connectivity index (χ3v) is 6.98. The number of rotatable bonds is 4. The number of nitro groups is 1. The topological polar surface area (TPSA) is 83.8 Å². The molecule has 134 valence electrons. The van der Waals surface area contributed by atoms with Crippen molar-refractivity contribution in [2.75, 3.05) is 42.2 Å². The van der Waals surface area contributed by atoms with Gasteiger partial charge in [0.2, 0.25) is 0 Å². The lowest BCUT2D eigenvalue weighted by molar-refractivity contribution is -0.383. The normalized spacial score (nSPS) is 15.4. The summed E-state index contributed by atoms with van der Waals surface area (Å²) in [5, 5.41) is 11.6. The first-order valence-electron chi connectivity index (χ1n) is 7.49. The monoisotopic (exact) mass is 385 g/mol. The fourth-order valence-electron chi connectivity index (χ4n) is 2.71. The molecule has 2 heterocycles. The van der Waals surface area contributed by atoms with Crippen LogP contribution in [0.5, 0.6) is 0 Å². The third kappa shape index (κ3) is 3.74. The van der Waals surface area contributed by atoms with Crippen LogP contribution in [0.3, 0.4) is 0 Å². The zero-order valence-electron chi connectivity index (χ0n) is 13.4. The number of piperazine rings is 1. The SMILES string of the molecule is CS(=O)(=O)c1cc([N+](=O)[O-])c(N2CCN(c3ccc(F)cc3)CC2)s1. The lowest BCUT2D eigenvalue weighted by Gasteiger charge is -2.36. The Morgan fingerprint density at radius 1 is 1.12 bits per heavy atom. The summed E-state index contributed by atoms with van der Waals surface area (Å²) >= 11 is 0.928. The van der Waals surface area contributed by atoms with Crippen molar-refractivity contribution in [3.63, 3.8) is 0 Å². The van der Waals surface area contributed by atoms with Gasteiger partial charge in [0.1, 0.15) is 10.0 Å². The quantitative estimate of drug-likeness (QED) is 0.594. The van der Waals surface area contributed by atoms with E-state index in [2.05, 4.69) is 4.90 Å². The smallest absolute Gasteiger partial charge is 0.305 e.